The Morgan fingerprint density at radius 3 is 2.63 bits per heavy atom. The number of thiophene rings is 1. The van der Waals surface area contributed by atoms with Crippen LogP contribution in [-0.2, 0) is 14.8 Å². The number of carbonyl (C=O) groups excluding carboxylic acids is 1. The minimum absolute atomic E-state index is 0.131. The average Bonchev–Trinajstić information content (AvgIpc) is 3.45. The van der Waals surface area contributed by atoms with Gasteiger partial charge in [0, 0.05) is 18.7 Å². The molecule has 30 heavy (non-hydrogen) atoms. The van der Waals surface area contributed by atoms with Crippen LogP contribution in [0.25, 0.3) is 10.2 Å². The summed E-state index contributed by atoms with van der Waals surface area (Å²) in [4.78, 5) is 17.3. The highest BCUT2D eigenvalue weighted by molar-refractivity contribution is 7.91. The van der Waals surface area contributed by atoms with Gasteiger partial charge in [-0.2, -0.15) is 4.31 Å². The molecule has 1 aromatic carbocycles. The smallest absolute Gasteiger partial charge is 0.253 e. The zero-order chi connectivity index (χ0) is 21.5. The van der Waals surface area contributed by atoms with Gasteiger partial charge in [-0.15, -0.1) is 11.3 Å². The predicted molar refractivity (Wildman–Crippen MR) is 118 cm³/mol. The molecule has 160 valence electrons. The van der Waals surface area contributed by atoms with E-state index in [0.717, 1.165) is 16.0 Å². The van der Waals surface area contributed by atoms with Gasteiger partial charge in [-0.25, -0.2) is 13.4 Å². The largest absolute Gasteiger partial charge is 0.493 e. The summed E-state index contributed by atoms with van der Waals surface area (Å²) in [5, 5.41) is 3.15. The van der Waals surface area contributed by atoms with Crippen LogP contribution in [0.4, 0.5) is 5.13 Å². The minimum Gasteiger partial charge on any atom is -0.493 e. The molecule has 4 rings (SSSR count). The van der Waals surface area contributed by atoms with Crippen LogP contribution >= 0.6 is 34.3 Å². The predicted octanol–water partition coefficient (Wildman–Crippen LogP) is 3.82. The second kappa shape index (κ2) is 8.31. The van der Waals surface area contributed by atoms with Crippen LogP contribution in [0.1, 0.15) is 12.8 Å². The van der Waals surface area contributed by atoms with Gasteiger partial charge in [-0.3, -0.25) is 4.79 Å². The van der Waals surface area contributed by atoms with Crippen molar-refractivity contribution in [3.63, 3.8) is 0 Å². The fourth-order valence-corrected chi connectivity index (χ4v) is 7.49. The fourth-order valence-electron chi connectivity index (χ4n) is 3.34. The molecule has 0 aliphatic carbocycles. The van der Waals surface area contributed by atoms with Crippen molar-refractivity contribution in [1.29, 1.82) is 0 Å². The third-order valence-corrected chi connectivity index (χ3v) is 9.28. The van der Waals surface area contributed by atoms with E-state index in [0.29, 0.717) is 39.3 Å². The molecule has 1 atom stereocenters. The number of aromatic nitrogens is 1. The minimum atomic E-state index is -3.79. The Balaban J connectivity index is 1.57. The summed E-state index contributed by atoms with van der Waals surface area (Å²) in [6.45, 7) is 0.282. The maximum Gasteiger partial charge on any atom is 0.253 e. The van der Waals surface area contributed by atoms with Crippen molar-refractivity contribution < 1.29 is 22.7 Å². The van der Waals surface area contributed by atoms with E-state index in [-0.39, 0.29) is 10.8 Å². The number of nitrogens with one attached hydrogen (secondary N) is 1. The number of sulfonamides is 1. The number of rotatable bonds is 6. The molecule has 1 N–H and O–H groups in total. The third kappa shape index (κ3) is 3.87. The van der Waals surface area contributed by atoms with Crippen molar-refractivity contribution >= 4 is 65.6 Å². The van der Waals surface area contributed by atoms with Crippen LogP contribution in [0.15, 0.2) is 28.5 Å². The Hall–Kier alpha value is -1.92. The SMILES string of the molecule is COc1cc2nc(NC(=O)[C@@H]3CCCN3S(=O)(=O)c3ccc(Cl)s3)sc2cc1OC. The molecule has 0 bridgehead atoms. The average molecular weight is 488 g/mol. The van der Waals surface area contributed by atoms with E-state index in [2.05, 4.69) is 10.3 Å². The molecular weight excluding hydrogens is 470 g/mol. The number of anilines is 1. The molecular formula is C18H18ClN3O5S3. The van der Waals surface area contributed by atoms with Crippen molar-refractivity contribution in [3.8, 4) is 11.5 Å². The summed E-state index contributed by atoms with van der Waals surface area (Å²) >= 11 is 8.15. The number of ether oxygens (including phenoxy) is 2. The molecule has 2 aromatic heterocycles. The normalized spacial score (nSPS) is 17.4. The first kappa shape index (κ1) is 21.3. The molecule has 0 spiro atoms. The summed E-state index contributed by atoms with van der Waals surface area (Å²) in [6, 6.07) is 5.71. The number of hydrogen-bond donors (Lipinski definition) is 1. The maximum absolute atomic E-state index is 13.0. The molecule has 8 nitrogen and oxygen atoms in total. The van der Waals surface area contributed by atoms with Crippen molar-refractivity contribution in [3.05, 3.63) is 28.6 Å². The monoisotopic (exact) mass is 487 g/mol. The highest BCUT2D eigenvalue weighted by atomic mass is 35.5. The number of fused-ring (bicyclic) bond motifs is 1. The van der Waals surface area contributed by atoms with Crippen molar-refractivity contribution in [2.45, 2.75) is 23.1 Å². The van der Waals surface area contributed by atoms with Crippen molar-refractivity contribution in [2.24, 2.45) is 0 Å². The van der Waals surface area contributed by atoms with Gasteiger partial charge >= 0.3 is 0 Å². The second-order valence-corrected chi connectivity index (χ2v) is 11.4. The topological polar surface area (TPSA) is 97.8 Å². The Labute approximate surface area is 186 Å². The number of carbonyl (C=O) groups is 1. The number of thiazole rings is 1. The van der Waals surface area contributed by atoms with E-state index >= 15 is 0 Å². The van der Waals surface area contributed by atoms with E-state index in [4.69, 9.17) is 21.1 Å². The van der Waals surface area contributed by atoms with Gasteiger partial charge in [-0.05, 0) is 25.0 Å². The van der Waals surface area contributed by atoms with Gasteiger partial charge in [-0.1, -0.05) is 22.9 Å². The molecule has 1 fully saturated rings. The van der Waals surface area contributed by atoms with E-state index in [1.54, 1.807) is 19.2 Å². The number of amides is 1. The van der Waals surface area contributed by atoms with Gasteiger partial charge in [0.15, 0.2) is 16.6 Å². The third-order valence-electron chi connectivity index (χ3n) is 4.74. The number of nitrogens with zero attached hydrogens (tertiary/aromatic N) is 2. The lowest BCUT2D eigenvalue weighted by molar-refractivity contribution is -0.119. The van der Waals surface area contributed by atoms with Gasteiger partial charge < -0.3 is 14.8 Å². The molecule has 0 unspecified atom stereocenters. The fraction of sp³-hybridized carbons (Fsp3) is 0.333. The quantitative estimate of drug-likeness (QED) is 0.567. The van der Waals surface area contributed by atoms with Crippen molar-refractivity contribution in [2.75, 3.05) is 26.1 Å². The highest BCUT2D eigenvalue weighted by Gasteiger charge is 2.40. The molecule has 0 radical (unpaired) electrons. The molecule has 1 amide bonds. The number of benzene rings is 1. The lowest BCUT2D eigenvalue weighted by Gasteiger charge is -2.22. The van der Waals surface area contributed by atoms with Gasteiger partial charge in [0.25, 0.3) is 10.0 Å². The Kier molecular flexibility index (Phi) is 5.90. The summed E-state index contributed by atoms with van der Waals surface area (Å²) < 4.78 is 39.1. The Bertz CT molecular complexity index is 1170. The molecule has 12 heteroatoms. The van der Waals surface area contributed by atoms with Crippen LogP contribution in [0.3, 0.4) is 0 Å². The van der Waals surface area contributed by atoms with E-state index in [1.807, 2.05) is 0 Å². The van der Waals surface area contributed by atoms with E-state index in [1.165, 1.54) is 34.9 Å². The van der Waals surface area contributed by atoms with Crippen LogP contribution in [0, 0.1) is 0 Å². The van der Waals surface area contributed by atoms with Gasteiger partial charge in [0.1, 0.15) is 10.3 Å². The lowest BCUT2D eigenvalue weighted by Crippen LogP contribution is -2.42. The zero-order valence-electron chi connectivity index (χ0n) is 16.0. The first-order chi connectivity index (χ1) is 14.3. The Morgan fingerprint density at radius 1 is 1.23 bits per heavy atom. The van der Waals surface area contributed by atoms with Crippen LogP contribution in [0.2, 0.25) is 4.34 Å². The summed E-state index contributed by atoms with van der Waals surface area (Å²) in [7, 11) is -0.709. The molecule has 3 heterocycles. The second-order valence-electron chi connectivity index (χ2n) is 6.52. The molecule has 1 aliphatic rings. The summed E-state index contributed by atoms with van der Waals surface area (Å²) in [6.07, 6.45) is 1.04. The highest BCUT2D eigenvalue weighted by Crippen LogP contribution is 2.37. The number of halogens is 1. The molecule has 1 aliphatic heterocycles. The zero-order valence-corrected chi connectivity index (χ0v) is 19.3. The standard InChI is InChI=1S/C18H18ClN3O5S3/c1-26-12-8-10-14(9-13(12)27-2)28-18(20-10)21-17(23)11-4-3-7-22(11)30(24,25)16-6-5-15(19)29-16/h5-6,8-9,11H,3-4,7H2,1-2H3,(H,20,21,23)/t11-/m0/s1. The van der Waals surface area contributed by atoms with Crippen LogP contribution in [0.5, 0.6) is 11.5 Å². The lowest BCUT2D eigenvalue weighted by atomic mass is 10.2. The Morgan fingerprint density at radius 2 is 1.97 bits per heavy atom. The first-order valence-corrected chi connectivity index (χ1v) is 12.4. The van der Waals surface area contributed by atoms with Gasteiger partial charge in [0.05, 0.1) is 28.8 Å². The maximum atomic E-state index is 13.0. The number of hydrogen-bond acceptors (Lipinski definition) is 8. The first-order valence-electron chi connectivity index (χ1n) is 8.94. The summed E-state index contributed by atoms with van der Waals surface area (Å²) in [5.41, 5.74) is 0.650. The van der Waals surface area contributed by atoms with Crippen LogP contribution in [-0.4, -0.2) is 50.4 Å². The van der Waals surface area contributed by atoms with E-state index < -0.39 is 22.0 Å². The number of methoxy groups -OCH3 is 2. The van der Waals surface area contributed by atoms with Gasteiger partial charge in [0.2, 0.25) is 5.91 Å². The summed E-state index contributed by atoms with van der Waals surface area (Å²) in [5.74, 6) is 0.696. The van der Waals surface area contributed by atoms with E-state index in [9.17, 15) is 13.2 Å². The van der Waals surface area contributed by atoms with Crippen LogP contribution < -0.4 is 14.8 Å². The molecule has 3 aromatic rings. The molecule has 1 saturated heterocycles. The molecule has 0 saturated carbocycles. The van der Waals surface area contributed by atoms with Crippen molar-refractivity contribution in [1.82, 2.24) is 9.29 Å².